The molecule has 3 nitrogen and oxygen atoms in total. The van der Waals surface area contributed by atoms with E-state index in [1.54, 1.807) is 0 Å². The lowest BCUT2D eigenvalue weighted by Crippen LogP contribution is -2.50. The summed E-state index contributed by atoms with van der Waals surface area (Å²) in [6.07, 6.45) is 6.91. The van der Waals surface area contributed by atoms with Crippen molar-refractivity contribution in [1.82, 2.24) is 0 Å². The quantitative estimate of drug-likeness (QED) is 0.676. The molecule has 0 aromatic heterocycles. The summed E-state index contributed by atoms with van der Waals surface area (Å²) in [6, 6.07) is 0. The normalized spacial score (nSPS) is 40.7. The Labute approximate surface area is 90.8 Å². The average molecular weight is 212 g/mol. The van der Waals surface area contributed by atoms with Gasteiger partial charge >= 0.3 is 5.97 Å². The van der Waals surface area contributed by atoms with Crippen LogP contribution in [0.3, 0.4) is 0 Å². The molecule has 2 aliphatic rings. The summed E-state index contributed by atoms with van der Waals surface area (Å²) in [5, 5.41) is 10.5. The topological polar surface area (TPSA) is 46.5 Å². The van der Waals surface area contributed by atoms with E-state index in [1.807, 2.05) is 0 Å². The summed E-state index contributed by atoms with van der Waals surface area (Å²) in [5.41, 5.74) is -0.545. The van der Waals surface area contributed by atoms with Gasteiger partial charge in [-0.1, -0.05) is 12.8 Å². The van der Waals surface area contributed by atoms with Gasteiger partial charge in [-0.05, 0) is 32.1 Å². The third-order valence-corrected chi connectivity index (χ3v) is 3.93. The van der Waals surface area contributed by atoms with Crippen LogP contribution in [0.25, 0.3) is 0 Å². The van der Waals surface area contributed by atoms with Gasteiger partial charge in [0.15, 0.2) is 0 Å². The highest BCUT2D eigenvalue weighted by Crippen LogP contribution is 2.44. The van der Waals surface area contributed by atoms with Gasteiger partial charge in [0.1, 0.15) is 6.10 Å². The van der Waals surface area contributed by atoms with Crippen molar-refractivity contribution in [3.8, 4) is 0 Å². The van der Waals surface area contributed by atoms with Crippen molar-refractivity contribution < 1.29 is 14.6 Å². The lowest BCUT2D eigenvalue weighted by Gasteiger charge is -2.47. The smallest absolute Gasteiger partial charge is 0.302 e. The Balaban J connectivity index is 2.08. The largest absolute Gasteiger partial charge is 0.462 e. The lowest BCUT2D eigenvalue weighted by atomic mass is 9.66. The molecule has 2 aliphatic carbocycles. The summed E-state index contributed by atoms with van der Waals surface area (Å²) in [6.45, 7) is 1.45. The van der Waals surface area contributed by atoms with Crippen molar-refractivity contribution in [3.63, 3.8) is 0 Å². The van der Waals surface area contributed by atoms with Crippen LogP contribution in [-0.2, 0) is 9.53 Å². The van der Waals surface area contributed by atoms with Crippen LogP contribution in [0.5, 0.6) is 0 Å². The van der Waals surface area contributed by atoms with Gasteiger partial charge in [0.25, 0.3) is 0 Å². The molecule has 0 heterocycles. The number of esters is 1. The maximum atomic E-state index is 11.0. The molecule has 0 aromatic rings. The molecule has 1 N–H and O–H groups in total. The molecule has 2 rings (SSSR count). The van der Waals surface area contributed by atoms with Gasteiger partial charge in [-0.3, -0.25) is 4.79 Å². The van der Waals surface area contributed by atoms with E-state index in [1.165, 1.54) is 6.92 Å². The second kappa shape index (κ2) is 4.12. The molecule has 0 amide bonds. The van der Waals surface area contributed by atoms with E-state index < -0.39 is 5.60 Å². The van der Waals surface area contributed by atoms with Crippen molar-refractivity contribution in [2.24, 2.45) is 5.92 Å². The van der Waals surface area contributed by atoms with Crippen molar-refractivity contribution >= 4 is 5.97 Å². The van der Waals surface area contributed by atoms with E-state index in [4.69, 9.17) is 4.74 Å². The molecular formula is C12H20O3. The highest BCUT2D eigenvalue weighted by molar-refractivity contribution is 5.66. The third kappa shape index (κ3) is 2.17. The van der Waals surface area contributed by atoms with Crippen molar-refractivity contribution in [3.05, 3.63) is 0 Å². The molecule has 2 saturated carbocycles. The maximum Gasteiger partial charge on any atom is 0.302 e. The van der Waals surface area contributed by atoms with Crippen LogP contribution >= 0.6 is 0 Å². The fraction of sp³-hybridized carbons (Fsp3) is 0.917. The minimum Gasteiger partial charge on any atom is -0.462 e. The van der Waals surface area contributed by atoms with Crippen LogP contribution in [0.1, 0.15) is 51.9 Å². The zero-order chi connectivity index (χ0) is 10.9. The zero-order valence-electron chi connectivity index (χ0n) is 9.37. The molecule has 3 atom stereocenters. The summed E-state index contributed by atoms with van der Waals surface area (Å²) in [4.78, 5) is 11.0. The van der Waals surface area contributed by atoms with Crippen LogP contribution in [0.2, 0.25) is 0 Å². The predicted molar refractivity (Wildman–Crippen MR) is 56.3 cm³/mol. The van der Waals surface area contributed by atoms with Gasteiger partial charge in [0, 0.05) is 12.8 Å². The lowest BCUT2D eigenvalue weighted by molar-refractivity contribution is -0.169. The maximum absolute atomic E-state index is 11.0. The molecule has 2 fully saturated rings. The zero-order valence-corrected chi connectivity index (χ0v) is 9.37. The minimum atomic E-state index is -0.545. The predicted octanol–water partition coefficient (Wildman–Crippen LogP) is 2.02. The molecule has 3 heteroatoms. The number of ether oxygens (including phenoxy) is 1. The highest BCUT2D eigenvalue weighted by Gasteiger charge is 2.46. The fourth-order valence-electron chi connectivity index (χ4n) is 3.26. The van der Waals surface area contributed by atoms with Gasteiger partial charge in [-0.15, -0.1) is 0 Å². The SMILES string of the molecule is CC(=O)O[C@H]1CCC[C@]2(O)CCCC[C@H]12. The Morgan fingerprint density at radius 1 is 1.27 bits per heavy atom. The number of aliphatic hydroxyl groups is 1. The van der Waals surface area contributed by atoms with E-state index in [-0.39, 0.29) is 18.0 Å². The van der Waals surface area contributed by atoms with Gasteiger partial charge in [0.2, 0.25) is 0 Å². The van der Waals surface area contributed by atoms with E-state index in [9.17, 15) is 9.90 Å². The van der Waals surface area contributed by atoms with Crippen LogP contribution in [0.15, 0.2) is 0 Å². The van der Waals surface area contributed by atoms with E-state index in [2.05, 4.69) is 0 Å². The summed E-state index contributed by atoms with van der Waals surface area (Å²) in [7, 11) is 0. The first kappa shape index (κ1) is 10.9. The number of hydrogen-bond donors (Lipinski definition) is 1. The Bertz CT molecular complexity index is 247. The first-order chi connectivity index (χ1) is 7.12. The first-order valence-electron chi connectivity index (χ1n) is 6.01. The molecule has 15 heavy (non-hydrogen) atoms. The standard InChI is InChI=1S/C12H20O3/c1-9(13)15-11-6-4-8-12(14)7-3-2-5-10(11)12/h10-11,14H,2-8H2,1H3/t10-,11+,12-/m1/s1. The highest BCUT2D eigenvalue weighted by atomic mass is 16.5. The van der Waals surface area contributed by atoms with Crippen LogP contribution < -0.4 is 0 Å². The molecule has 86 valence electrons. The number of hydrogen-bond acceptors (Lipinski definition) is 3. The van der Waals surface area contributed by atoms with Gasteiger partial charge < -0.3 is 9.84 Å². The van der Waals surface area contributed by atoms with E-state index >= 15 is 0 Å². The Hall–Kier alpha value is -0.570. The number of rotatable bonds is 1. The van der Waals surface area contributed by atoms with Crippen molar-refractivity contribution in [2.45, 2.75) is 63.6 Å². The molecule has 0 aliphatic heterocycles. The Morgan fingerprint density at radius 2 is 2.00 bits per heavy atom. The number of fused-ring (bicyclic) bond motifs is 1. The molecular weight excluding hydrogens is 192 g/mol. The second-order valence-electron chi connectivity index (χ2n) is 5.00. The van der Waals surface area contributed by atoms with Crippen LogP contribution in [0.4, 0.5) is 0 Å². The van der Waals surface area contributed by atoms with E-state index in [0.717, 1.165) is 44.9 Å². The summed E-state index contributed by atoms with van der Waals surface area (Å²) >= 11 is 0. The van der Waals surface area contributed by atoms with Crippen LogP contribution in [0, 0.1) is 5.92 Å². The van der Waals surface area contributed by atoms with Crippen molar-refractivity contribution in [1.29, 1.82) is 0 Å². The Morgan fingerprint density at radius 3 is 2.73 bits per heavy atom. The molecule has 0 unspecified atom stereocenters. The monoisotopic (exact) mass is 212 g/mol. The first-order valence-corrected chi connectivity index (χ1v) is 6.01. The fourth-order valence-corrected chi connectivity index (χ4v) is 3.26. The summed E-state index contributed by atoms with van der Waals surface area (Å²) in [5.74, 6) is -0.0290. The van der Waals surface area contributed by atoms with Gasteiger partial charge in [-0.25, -0.2) is 0 Å². The molecule has 0 bridgehead atoms. The third-order valence-electron chi connectivity index (χ3n) is 3.93. The number of carbonyl (C=O) groups is 1. The second-order valence-corrected chi connectivity index (χ2v) is 5.00. The molecule has 0 aromatic carbocycles. The molecule has 0 saturated heterocycles. The average Bonchev–Trinajstić information content (AvgIpc) is 2.16. The Kier molecular flexibility index (Phi) is 3.01. The summed E-state index contributed by atoms with van der Waals surface area (Å²) < 4.78 is 5.33. The van der Waals surface area contributed by atoms with Crippen molar-refractivity contribution in [2.75, 3.05) is 0 Å². The number of carbonyl (C=O) groups excluding carboxylic acids is 1. The van der Waals surface area contributed by atoms with Gasteiger partial charge in [-0.2, -0.15) is 0 Å². The minimum absolute atomic E-state index is 0.0402. The van der Waals surface area contributed by atoms with Gasteiger partial charge in [0.05, 0.1) is 5.60 Å². The van der Waals surface area contributed by atoms with Crippen LogP contribution in [-0.4, -0.2) is 22.8 Å². The molecule has 0 radical (unpaired) electrons. The van der Waals surface area contributed by atoms with E-state index in [0.29, 0.717) is 0 Å². The molecule has 0 spiro atoms.